The number of methoxy groups -OCH3 is 1. The van der Waals surface area contributed by atoms with E-state index in [1.807, 2.05) is 10.8 Å². The number of aromatic nitrogens is 2. The van der Waals surface area contributed by atoms with Gasteiger partial charge in [-0.2, -0.15) is 0 Å². The number of esters is 1. The third-order valence-corrected chi connectivity index (χ3v) is 6.49. The summed E-state index contributed by atoms with van der Waals surface area (Å²) in [5, 5.41) is 4.39. The standard InChI is InChI=1S/C20H27N3O4/c1-26-18(25)5-3-2-4-16(24)20-14-7-6-13(10-14)19(20)15-11-17(27-22-15)23-9-8-21-12-23/h8-9,12-14,17,19-20H,2-7,10-11H2,1H3/t13-,14+,17?,19-,20-/m1/s1. The number of Topliss-reactive ketones (excluding diaryl/α,β-unsaturated/α-hetero) is 1. The number of imidazole rings is 1. The van der Waals surface area contributed by atoms with E-state index >= 15 is 0 Å². The molecular formula is C20H27N3O4. The number of nitrogens with zero attached hydrogens (tertiary/aromatic N) is 3. The molecule has 1 aliphatic heterocycles. The second-order valence-electron chi connectivity index (χ2n) is 7.99. The van der Waals surface area contributed by atoms with Crippen LogP contribution in [0.1, 0.15) is 57.6 Å². The quantitative estimate of drug-likeness (QED) is 0.516. The van der Waals surface area contributed by atoms with Gasteiger partial charge < -0.3 is 9.57 Å². The molecule has 2 aliphatic carbocycles. The predicted octanol–water partition coefficient (Wildman–Crippen LogP) is 3.12. The van der Waals surface area contributed by atoms with E-state index < -0.39 is 0 Å². The van der Waals surface area contributed by atoms with Crippen LogP contribution < -0.4 is 0 Å². The molecule has 4 rings (SSSR count). The Morgan fingerprint density at radius 1 is 1.26 bits per heavy atom. The highest BCUT2D eigenvalue weighted by molar-refractivity contribution is 5.94. The van der Waals surface area contributed by atoms with Gasteiger partial charge in [-0.1, -0.05) is 5.16 Å². The average Bonchev–Trinajstić information content (AvgIpc) is 3.45. The van der Waals surface area contributed by atoms with Crippen molar-refractivity contribution in [3.63, 3.8) is 0 Å². The Bertz CT molecular complexity index is 715. The maximum atomic E-state index is 13.0. The fourth-order valence-corrected chi connectivity index (χ4v) is 5.25. The highest BCUT2D eigenvalue weighted by Crippen LogP contribution is 2.54. The molecule has 27 heavy (non-hydrogen) atoms. The topological polar surface area (TPSA) is 82.8 Å². The fourth-order valence-electron chi connectivity index (χ4n) is 5.25. The first-order valence-corrected chi connectivity index (χ1v) is 9.97. The molecule has 1 aromatic rings. The largest absolute Gasteiger partial charge is 0.469 e. The molecule has 0 amide bonds. The lowest BCUT2D eigenvalue weighted by atomic mass is 9.73. The molecule has 2 saturated carbocycles. The Morgan fingerprint density at radius 2 is 2.07 bits per heavy atom. The minimum atomic E-state index is -0.205. The zero-order chi connectivity index (χ0) is 18.8. The maximum absolute atomic E-state index is 13.0. The van der Waals surface area contributed by atoms with Gasteiger partial charge in [-0.3, -0.25) is 14.2 Å². The van der Waals surface area contributed by atoms with Gasteiger partial charge in [0, 0.05) is 43.5 Å². The second kappa shape index (κ2) is 7.82. The number of fused-ring (bicyclic) bond motifs is 2. The van der Waals surface area contributed by atoms with Crippen LogP contribution in [0.5, 0.6) is 0 Å². The van der Waals surface area contributed by atoms with Crippen molar-refractivity contribution in [3.05, 3.63) is 18.7 Å². The minimum Gasteiger partial charge on any atom is -0.469 e. The van der Waals surface area contributed by atoms with Crippen LogP contribution >= 0.6 is 0 Å². The summed E-state index contributed by atoms with van der Waals surface area (Å²) in [4.78, 5) is 33.9. The van der Waals surface area contributed by atoms with E-state index in [-0.39, 0.29) is 24.0 Å². The third kappa shape index (κ3) is 3.64. The van der Waals surface area contributed by atoms with Gasteiger partial charge in [-0.05, 0) is 43.9 Å². The van der Waals surface area contributed by atoms with E-state index in [4.69, 9.17) is 4.84 Å². The minimum absolute atomic E-state index is 0.0748. The number of oxime groups is 1. The lowest BCUT2D eigenvalue weighted by Crippen LogP contribution is -2.34. The zero-order valence-electron chi connectivity index (χ0n) is 15.8. The second-order valence-corrected chi connectivity index (χ2v) is 7.99. The smallest absolute Gasteiger partial charge is 0.305 e. The Balaban J connectivity index is 1.37. The summed E-state index contributed by atoms with van der Waals surface area (Å²) in [5.41, 5.74) is 1.05. The summed E-state index contributed by atoms with van der Waals surface area (Å²) in [5.74, 6) is 1.48. The molecule has 5 atom stereocenters. The van der Waals surface area contributed by atoms with E-state index in [1.54, 1.807) is 12.5 Å². The van der Waals surface area contributed by atoms with Crippen LogP contribution in [0.2, 0.25) is 0 Å². The van der Waals surface area contributed by atoms with Crippen LogP contribution in [0.4, 0.5) is 0 Å². The molecule has 0 aromatic carbocycles. The third-order valence-electron chi connectivity index (χ3n) is 6.49. The molecule has 3 aliphatic rings. The van der Waals surface area contributed by atoms with Crippen molar-refractivity contribution in [3.8, 4) is 0 Å². The number of hydrogen-bond donors (Lipinski definition) is 0. The lowest BCUT2D eigenvalue weighted by molar-refractivity contribution is -0.140. The Morgan fingerprint density at radius 3 is 2.85 bits per heavy atom. The van der Waals surface area contributed by atoms with Crippen molar-refractivity contribution in [2.75, 3.05) is 7.11 Å². The van der Waals surface area contributed by atoms with Gasteiger partial charge >= 0.3 is 5.97 Å². The summed E-state index contributed by atoms with van der Waals surface area (Å²) in [6, 6.07) is 0. The van der Waals surface area contributed by atoms with Crippen LogP contribution in [0.15, 0.2) is 23.9 Å². The fraction of sp³-hybridized carbons (Fsp3) is 0.700. The number of hydrogen-bond acceptors (Lipinski definition) is 6. The lowest BCUT2D eigenvalue weighted by Gasteiger charge is -2.29. The number of rotatable bonds is 8. The van der Waals surface area contributed by atoms with Gasteiger partial charge in [0.2, 0.25) is 6.23 Å². The first kappa shape index (κ1) is 18.2. The molecule has 1 unspecified atom stereocenters. The van der Waals surface area contributed by atoms with Crippen LogP contribution in [0, 0.1) is 23.7 Å². The molecule has 0 saturated heterocycles. The van der Waals surface area contributed by atoms with Crippen molar-refractivity contribution in [2.24, 2.45) is 28.8 Å². The Hall–Kier alpha value is -2.18. The van der Waals surface area contributed by atoms with Crippen molar-refractivity contribution in [1.82, 2.24) is 9.55 Å². The molecule has 7 heteroatoms. The number of ketones is 1. The van der Waals surface area contributed by atoms with Crippen molar-refractivity contribution in [2.45, 2.75) is 57.6 Å². The summed E-state index contributed by atoms with van der Waals surface area (Å²) >= 11 is 0. The van der Waals surface area contributed by atoms with Gasteiger partial charge in [0.25, 0.3) is 0 Å². The molecule has 0 radical (unpaired) electrons. The van der Waals surface area contributed by atoms with Gasteiger partial charge in [0.1, 0.15) is 5.78 Å². The molecule has 2 heterocycles. The first-order valence-electron chi connectivity index (χ1n) is 9.97. The van der Waals surface area contributed by atoms with Gasteiger partial charge in [-0.15, -0.1) is 0 Å². The van der Waals surface area contributed by atoms with E-state index in [0.29, 0.717) is 36.9 Å². The highest BCUT2D eigenvalue weighted by Gasteiger charge is 2.53. The van der Waals surface area contributed by atoms with Crippen molar-refractivity contribution in [1.29, 1.82) is 0 Å². The molecule has 146 valence electrons. The monoisotopic (exact) mass is 373 g/mol. The number of ether oxygens (including phenoxy) is 1. The zero-order valence-corrected chi connectivity index (χ0v) is 15.8. The molecule has 0 N–H and O–H groups in total. The van der Waals surface area contributed by atoms with E-state index in [9.17, 15) is 9.59 Å². The predicted molar refractivity (Wildman–Crippen MR) is 97.7 cm³/mol. The van der Waals surface area contributed by atoms with E-state index in [0.717, 1.165) is 31.4 Å². The van der Waals surface area contributed by atoms with Crippen LogP contribution in [-0.4, -0.2) is 34.1 Å². The van der Waals surface area contributed by atoms with Crippen molar-refractivity contribution < 1.29 is 19.2 Å². The number of carbonyl (C=O) groups is 2. The van der Waals surface area contributed by atoms with Gasteiger partial charge in [0.05, 0.1) is 19.1 Å². The maximum Gasteiger partial charge on any atom is 0.305 e. The molecule has 2 bridgehead atoms. The van der Waals surface area contributed by atoms with Crippen LogP contribution in [0.25, 0.3) is 0 Å². The van der Waals surface area contributed by atoms with Crippen LogP contribution in [0.3, 0.4) is 0 Å². The number of unbranched alkanes of at least 4 members (excludes halogenated alkanes) is 1. The average molecular weight is 373 g/mol. The van der Waals surface area contributed by atoms with Crippen LogP contribution in [-0.2, 0) is 19.2 Å². The van der Waals surface area contributed by atoms with E-state index in [2.05, 4.69) is 14.9 Å². The highest BCUT2D eigenvalue weighted by atomic mass is 16.7. The molecule has 2 fully saturated rings. The first-order chi connectivity index (χ1) is 13.2. The van der Waals surface area contributed by atoms with Gasteiger partial charge in [-0.25, -0.2) is 4.98 Å². The summed E-state index contributed by atoms with van der Waals surface area (Å²) in [6.07, 6.45) is 11.8. The number of carbonyl (C=O) groups excluding carboxylic acids is 2. The SMILES string of the molecule is COC(=O)CCCCC(=O)[C@H]1[C@H]2CC[C@H](C2)[C@@H]1C1=NOC(n2ccnc2)C1. The van der Waals surface area contributed by atoms with Crippen molar-refractivity contribution >= 4 is 17.5 Å². The van der Waals surface area contributed by atoms with E-state index in [1.165, 1.54) is 13.5 Å². The Labute approximate surface area is 159 Å². The molecule has 1 aromatic heterocycles. The van der Waals surface area contributed by atoms with Gasteiger partial charge in [0.15, 0.2) is 0 Å². The normalized spacial score (nSPS) is 31.6. The summed E-state index contributed by atoms with van der Waals surface area (Å²) in [6.45, 7) is 0. The molecule has 0 spiro atoms. The summed E-state index contributed by atoms with van der Waals surface area (Å²) < 4.78 is 6.59. The molecule has 7 nitrogen and oxygen atoms in total. The Kier molecular flexibility index (Phi) is 5.27. The molecular weight excluding hydrogens is 346 g/mol. The summed E-state index contributed by atoms with van der Waals surface area (Å²) in [7, 11) is 1.40.